The van der Waals surface area contributed by atoms with Crippen molar-refractivity contribution in [3.05, 3.63) is 53.3 Å². The Morgan fingerprint density at radius 3 is 2.34 bits per heavy atom. The van der Waals surface area contributed by atoms with E-state index in [1.807, 2.05) is 32.9 Å². The number of ether oxygens (including phenoxy) is 3. The monoisotopic (exact) mass is 443 g/mol. The third-order valence-electron chi connectivity index (χ3n) is 4.55. The zero-order valence-corrected chi connectivity index (χ0v) is 18.6. The molecule has 3 N–H and O–H groups in total. The number of nitrogens with one attached hydrogen (secondary N) is 1. The number of carbonyl (C=O) groups is 3. The van der Waals surface area contributed by atoms with Gasteiger partial charge >= 0.3 is 5.97 Å². The lowest BCUT2D eigenvalue weighted by Crippen LogP contribution is -2.36. The topological polar surface area (TPSA) is 130 Å². The van der Waals surface area contributed by atoms with E-state index in [4.69, 9.17) is 19.9 Å². The second kappa shape index (κ2) is 12.4. The van der Waals surface area contributed by atoms with E-state index in [1.165, 1.54) is 12.3 Å². The first-order chi connectivity index (χ1) is 15.4. The van der Waals surface area contributed by atoms with Crippen molar-refractivity contribution < 1.29 is 28.6 Å². The summed E-state index contributed by atoms with van der Waals surface area (Å²) in [6.07, 6.45) is 2.36. The van der Waals surface area contributed by atoms with Gasteiger partial charge in [-0.3, -0.25) is 14.9 Å². The Hall–Kier alpha value is -3.46. The maximum absolute atomic E-state index is 12.5. The first-order valence-corrected chi connectivity index (χ1v) is 10.5. The molecule has 0 spiro atoms. The number of aromatic nitrogens is 1. The van der Waals surface area contributed by atoms with Gasteiger partial charge in [0.05, 0.1) is 18.7 Å². The number of imide groups is 1. The number of hydrogen-bond donors (Lipinski definition) is 2. The number of amides is 2. The molecule has 32 heavy (non-hydrogen) atoms. The summed E-state index contributed by atoms with van der Waals surface area (Å²) in [6, 6.07) is 8.63. The number of rotatable bonds is 11. The average Bonchev–Trinajstić information content (AvgIpc) is 2.81. The number of carbonyl (C=O) groups excluding carboxylic acids is 3. The third kappa shape index (κ3) is 7.05. The molecule has 0 saturated heterocycles. The predicted molar refractivity (Wildman–Crippen MR) is 117 cm³/mol. The van der Waals surface area contributed by atoms with Crippen LogP contribution in [0.15, 0.2) is 36.5 Å². The van der Waals surface area contributed by atoms with E-state index in [0.717, 1.165) is 11.3 Å². The smallest absolute Gasteiger partial charge is 0.340 e. The van der Waals surface area contributed by atoms with Crippen LogP contribution >= 0.6 is 0 Å². The molecule has 1 heterocycles. The predicted octanol–water partition coefficient (Wildman–Crippen LogP) is 2.62. The number of benzene rings is 1. The van der Waals surface area contributed by atoms with E-state index in [9.17, 15) is 14.4 Å². The fraction of sp³-hybridized carbons (Fsp3) is 0.391. The summed E-state index contributed by atoms with van der Waals surface area (Å²) >= 11 is 0. The molecule has 1 aromatic carbocycles. The lowest BCUT2D eigenvalue weighted by atomic mass is 10.2. The molecule has 0 fully saturated rings. The van der Waals surface area contributed by atoms with Crippen molar-refractivity contribution in [3.63, 3.8) is 0 Å². The lowest BCUT2D eigenvalue weighted by Gasteiger charge is -2.15. The molecule has 0 saturated carbocycles. The van der Waals surface area contributed by atoms with Crippen LogP contribution in [-0.4, -0.2) is 42.0 Å². The summed E-state index contributed by atoms with van der Waals surface area (Å²) in [6.45, 7) is 6.05. The molecule has 0 aliphatic rings. The fourth-order valence-corrected chi connectivity index (χ4v) is 2.76. The molecular formula is C23H29N3O6. The minimum absolute atomic E-state index is 0.0419. The highest BCUT2D eigenvalue weighted by molar-refractivity contribution is 6.06. The Morgan fingerprint density at radius 1 is 1.06 bits per heavy atom. The molecule has 0 aliphatic carbocycles. The first-order valence-electron chi connectivity index (χ1n) is 10.5. The number of nitrogens with zero attached hydrogens (tertiary/aromatic N) is 1. The Balaban J connectivity index is 2.26. The molecule has 0 bridgehead atoms. The Kier molecular flexibility index (Phi) is 9.62. The van der Waals surface area contributed by atoms with Crippen LogP contribution in [-0.2, 0) is 16.1 Å². The Labute approximate surface area is 187 Å². The van der Waals surface area contributed by atoms with Crippen LogP contribution in [0.25, 0.3) is 0 Å². The molecule has 9 heteroatoms. The quantitative estimate of drug-likeness (QED) is 0.507. The first kappa shape index (κ1) is 24.8. The summed E-state index contributed by atoms with van der Waals surface area (Å²) in [5.74, 6) is -1.24. The van der Waals surface area contributed by atoms with Gasteiger partial charge < -0.3 is 19.9 Å². The van der Waals surface area contributed by atoms with Crippen LogP contribution < -0.4 is 20.5 Å². The maximum atomic E-state index is 12.5. The van der Waals surface area contributed by atoms with Crippen LogP contribution in [0.5, 0.6) is 11.5 Å². The van der Waals surface area contributed by atoms with Crippen LogP contribution in [0.4, 0.5) is 0 Å². The molecule has 0 radical (unpaired) electrons. The average molecular weight is 444 g/mol. The minimum atomic E-state index is -0.776. The SMILES string of the molecule is CCOc1ccc(COc2cc(C(=O)OC(CC)CC)cnc2C(=O)NC(=O)CN)cc1. The van der Waals surface area contributed by atoms with Gasteiger partial charge in [0.15, 0.2) is 11.4 Å². The van der Waals surface area contributed by atoms with Crippen molar-refractivity contribution in [1.82, 2.24) is 10.3 Å². The van der Waals surface area contributed by atoms with Gasteiger partial charge in [-0.05, 0) is 43.5 Å². The van der Waals surface area contributed by atoms with Crippen molar-refractivity contribution >= 4 is 17.8 Å². The Morgan fingerprint density at radius 2 is 1.75 bits per heavy atom. The molecule has 0 aliphatic heterocycles. The number of pyridine rings is 1. The van der Waals surface area contributed by atoms with Crippen molar-refractivity contribution in [2.24, 2.45) is 5.73 Å². The third-order valence-corrected chi connectivity index (χ3v) is 4.55. The van der Waals surface area contributed by atoms with E-state index in [2.05, 4.69) is 10.3 Å². The standard InChI is InChI=1S/C23H29N3O6/c1-4-17(5-2)32-23(29)16-11-19(21(25-13-16)22(28)26-20(27)12-24)31-14-15-7-9-18(10-8-15)30-6-3/h7-11,13,17H,4-6,12,14,24H2,1-3H3,(H,26,27,28). The van der Waals surface area contributed by atoms with Gasteiger partial charge in [0.2, 0.25) is 5.91 Å². The van der Waals surface area contributed by atoms with Crippen molar-refractivity contribution in [3.8, 4) is 11.5 Å². The zero-order valence-electron chi connectivity index (χ0n) is 18.6. The molecule has 2 aromatic rings. The van der Waals surface area contributed by atoms with E-state index >= 15 is 0 Å². The van der Waals surface area contributed by atoms with E-state index in [-0.39, 0.29) is 36.3 Å². The van der Waals surface area contributed by atoms with Gasteiger partial charge in [-0.25, -0.2) is 9.78 Å². The second-order valence-corrected chi connectivity index (χ2v) is 6.86. The summed E-state index contributed by atoms with van der Waals surface area (Å²) < 4.78 is 16.7. The van der Waals surface area contributed by atoms with Crippen LogP contribution in [0.2, 0.25) is 0 Å². The number of esters is 1. The van der Waals surface area contributed by atoms with E-state index in [1.54, 1.807) is 12.1 Å². The normalized spacial score (nSPS) is 10.5. The maximum Gasteiger partial charge on any atom is 0.340 e. The van der Waals surface area contributed by atoms with Gasteiger partial charge in [-0.15, -0.1) is 0 Å². The number of hydrogen-bond acceptors (Lipinski definition) is 8. The highest BCUT2D eigenvalue weighted by Crippen LogP contribution is 2.22. The molecule has 0 atom stereocenters. The summed E-state index contributed by atoms with van der Waals surface area (Å²) in [5.41, 5.74) is 6.06. The highest BCUT2D eigenvalue weighted by atomic mass is 16.5. The molecular weight excluding hydrogens is 414 g/mol. The van der Waals surface area contributed by atoms with Crippen LogP contribution in [0, 0.1) is 0 Å². The summed E-state index contributed by atoms with van der Waals surface area (Å²) in [7, 11) is 0. The van der Waals surface area contributed by atoms with Crippen LogP contribution in [0.3, 0.4) is 0 Å². The molecule has 2 rings (SSSR count). The van der Waals surface area contributed by atoms with Gasteiger partial charge in [0, 0.05) is 6.20 Å². The Bertz CT molecular complexity index is 926. The summed E-state index contributed by atoms with van der Waals surface area (Å²) in [5, 5.41) is 2.13. The molecule has 0 unspecified atom stereocenters. The summed E-state index contributed by atoms with van der Waals surface area (Å²) in [4.78, 5) is 40.5. The molecule has 9 nitrogen and oxygen atoms in total. The number of nitrogens with two attached hydrogens (primary N) is 1. The largest absolute Gasteiger partial charge is 0.494 e. The van der Waals surface area contributed by atoms with Crippen molar-refractivity contribution in [2.45, 2.75) is 46.3 Å². The van der Waals surface area contributed by atoms with Gasteiger partial charge in [0.25, 0.3) is 5.91 Å². The minimum Gasteiger partial charge on any atom is -0.494 e. The molecule has 172 valence electrons. The van der Waals surface area contributed by atoms with Crippen LogP contribution in [0.1, 0.15) is 60.0 Å². The molecule has 2 amide bonds. The van der Waals surface area contributed by atoms with Gasteiger partial charge in [-0.1, -0.05) is 26.0 Å². The van der Waals surface area contributed by atoms with Crippen molar-refractivity contribution in [1.29, 1.82) is 0 Å². The lowest BCUT2D eigenvalue weighted by molar-refractivity contribution is -0.118. The van der Waals surface area contributed by atoms with Gasteiger partial charge in [-0.2, -0.15) is 0 Å². The fourth-order valence-electron chi connectivity index (χ4n) is 2.76. The zero-order chi connectivity index (χ0) is 23.5. The highest BCUT2D eigenvalue weighted by Gasteiger charge is 2.21. The van der Waals surface area contributed by atoms with Crippen molar-refractivity contribution in [2.75, 3.05) is 13.2 Å². The van der Waals surface area contributed by atoms with E-state index in [0.29, 0.717) is 19.4 Å². The second-order valence-electron chi connectivity index (χ2n) is 6.86. The molecule has 1 aromatic heterocycles. The van der Waals surface area contributed by atoms with E-state index < -0.39 is 17.8 Å². The van der Waals surface area contributed by atoms with Gasteiger partial charge in [0.1, 0.15) is 18.5 Å².